The zero-order valence-corrected chi connectivity index (χ0v) is 10.1. The van der Waals surface area contributed by atoms with Crippen molar-refractivity contribution in [3.8, 4) is 6.07 Å². The van der Waals surface area contributed by atoms with Gasteiger partial charge in [-0.05, 0) is 44.7 Å². The summed E-state index contributed by atoms with van der Waals surface area (Å²) in [7, 11) is 0. The maximum atomic E-state index is 9.07. The third kappa shape index (κ3) is 2.00. The lowest BCUT2D eigenvalue weighted by Crippen LogP contribution is -1.99. The zero-order valence-electron chi connectivity index (χ0n) is 9.29. The largest absolute Gasteiger partial charge is 0.241 e. The van der Waals surface area contributed by atoms with E-state index in [9.17, 15) is 0 Å². The fraction of sp³-hybridized carbons (Fsp3) is 0.500. The molecule has 1 aromatic heterocycles. The lowest BCUT2D eigenvalue weighted by molar-refractivity contribution is 1.03. The average Bonchev–Trinajstić information content (AvgIpc) is 3.02. The number of pyridine rings is 1. The number of rotatable bonds is 2. The molecule has 0 bridgehead atoms. The van der Waals surface area contributed by atoms with Gasteiger partial charge in [-0.3, -0.25) is 0 Å². The summed E-state index contributed by atoms with van der Waals surface area (Å²) in [6, 6.07) is 2.21. The maximum Gasteiger partial charge on any atom is 0.154 e. The lowest BCUT2D eigenvalue weighted by atomic mass is 10.1. The van der Waals surface area contributed by atoms with Crippen molar-refractivity contribution in [2.24, 2.45) is 0 Å². The van der Waals surface area contributed by atoms with E-state index in [1.165, 1.54) is 24.0 Å². The van der Waals surface area contributed by atoms with Gasteiger partial charge in [0.1, 0.15) is 6.07 Å². The van der Waals surface area contributed by atoms with Crippen LogP contribution in [0.2, 0.25) is 0 Å². The Hall–Kier alpha value is -1.01. The highest BCUT2D eigenvalue weighted by atomic mass is 32.2. The summed E-state index contributed by atoms with van der Waals surface area (Å²) in [4.78, 5) is 5.45. The fourth-order valence-electron chi connectivity index (χ4n) is 1.49. The van der Waals surface area contributed by atoms with Crippen LogP contribution in [0.25, 0.3) is 0 Å². The smallest absolute Gasteiger partial charge is 0.154 e. The number of nitrogens with zero attached hydrogens (tertiary/aromatic N) is 2. The number of hydrogen-bond donors (Lipinski definition) is 0. The van der Waals surface area contributed by atoms with Crippen molar-refractivity contribution in [2.75, 3.05) is 0 Å². The molecule has 3 heteroatoms. The number of aromatic nitrogens is 1. The van der Waals surface area contributed by atoms with Gasteiger partial charge in [-0.2, -0.15) is 5.26 Å². The molecule has 1 aliphatic rings. The highest BCUT2D eigenvalue weighted by molar-refractivity contribution is 8.00. The molecular formula is C12H14N2S. The van der Waals surface area contributed by atoms with E-state index in [1.54, 1.807) is 0 Å². The van der Waals surface area contributed by atoms with Crippen LogP contribution in [-0.4, -0.2) is 10.2 Å². The lowest BCUT2D eigenvalue weighted by Gasteiger charge is -2.11. The second-order valence-electron chi connectivity index (χ2n) is 4.05. The molecule has 0 unspecified atom stereocenters. The van der Waals surface area contributed by atoms with E-state index < -0.39 is 0 Å². The summed E-state index contributed by atoms with van der Waals surface area (Å²) in [6.45, 7) is 6.14. The minimum absolute atomic E-state index is 0.604. The van der Waals surface area contributed by atoms with Gasteiger partial charge in [0, 0.05) is 15.8 Å². The highest BCUT2D eigenvalue weighted by Crippen LogP contribution is 2.42. The van der Waals surface area contributed by atoms with E-state index in [-0.39, 0.29) is 0 Å². The van der Waals surface area contributed by atoms with Crippen LogP contribution in [0.15, 0.2) is 4.90 Å². The molecule has 15 heavy (non-hydrogen) atoms. The monoisotopic (exact) mass is 218 g/mol. The second kappa shape index (κ2) is 3.86. The van der Waals surface area contributed by atoms with Crippen molar-refractivity contribution in [3.63, 3.8) is 0 Å². The first-order valence-electron chi connectivity index (χ1n) is 5.18. The topological polar surface area (TPSA) is 36.7 Å². The van der Waals surface area contributed by atoms with Crippen LogP contribution in [0.5, 0.6) is 0 Å². The fourth-order valence-corrected chi connectivity index (χ4v) is 2.73. The van der Waals surface area contributed by atoms with E-state index in [4.69, 9.17) is 5.26 Å². The summed E-state index contributed by atoms with van der Waals surface area (Å²) in [5, 5.41) is 9.79. The Morgan fingerprint density at radius 2 is 1.93 bits per heavy atom. The molecule has 78 valence electrons. The minimum atomic E-state index is 0.604. The van der Waals surface area contributed by atoms with Crippen LogP contribution in [-0.2, 0) is 0 Å². The molecule has 1 aliphatic carbocycles. The molecule has 0 saturated heterocycles. The summed E-state index contributed by atoms with van der Waals surface area (Å²) in [5.41, 5.74) is 4.03. The summed E-state index contributed by atoms with van der Waals surface area (Å²) < 4.78 is 0. The highest BCUT2D eigenvalue weighted by Gasteiger charge is 2.25. The van der Waals surface area contributed by atoms with Gasteiger partial charge in [-0.1, -0.05) is 0 Å². The standard InChI is InChI=1S/C12H14N2S/c1-7-8(2)12(15-10-4-5-10)11(6-13)14-9(7)3/h10H,4-5H2,1-3H3. The van der Waals surface area contributed by atoms with Gasteiger partial charge in [0.15, 0.2) is 5.69 Å². The first-order valence-corrected chi connectivity index (χ1v) is 6.06. The first kappa shape index (κ1) is 10.5. The van der Waals surface area contributed by atoms with Gasteiger partial charge in [-0.25, -0.2) is 4.98 Å². The Labute approximate surface area is 94.7 Å². The molecule has 2 nitrogen and oxygen atoms in total. The SMILES string of the molecule is Cc1nc(C#N)c(SC2CC2)c(C)c1C. The van der Waals surface area contributed by atoms with Gasteiger partial charge >= 0.3 is 0 Å². The van der Waals surface area contributed by atoms with Gasteiger partial charge in [0.2, 0.25) is 0 Å². The van der Waals surface area contributed by atoms with Crippen LogP contribution < -0.4 is 0 Å². The first-order chi connectivity index (χ1) is 7.13. The van der Waals surface area contributed by atoms with Gasteiger partial charge < -0.3 is 0 Å². The Kier molecular flexibility index (Phi) is 2.70. The molecule has 1 aromatic rings. The molecule has 0 atom stereocenters. The van der Waals surface area contributed by atoms with E-state index in [2.05, 4.69) is 24.9 Å². The predicted molar refractivity (Wildman–Crippen MR) is 62.0 cm³/mol. The van der Waals surface area contributed by atoms with Gasteiger partial charge in [-0.15, -0.1) is 11.8 Å². The third-order valence-electron chi connectivity index (χ3n) is 2.86. The summed E-state index contributed by atoms with van der Waals surface area (Å²) in [5.74, 6) is 0. The normalized spacial score (nSPS) is 15.1. The molecule has 0 radical (unpaired) electrons. The molecule has 1 heterocycles. The number of hydrogen-bond acceptors (Lipinski definition) is 3. The van der Waals surface area contributed by atoms with Crippen LogP contribution >= 0.6 is 11.8 Å². The number of aryl methyl sites for hydroxylation is 1. The predicted octanol–water partition coefficient (Wildman–Crippen LogP) is 3.13. The molecule has 1 fully saturated rings. The van der Waals surface area contributed by atoms with Crippen LogP contribution in [0.3, 0.4) is 0 Å². The second-order valence-corrected chi connectivity index (χ2v) is 5.36. The molecule has 1 saturated carbocycles. The summed E-state index contributed by atoms with van der Waals surface area (Å²) >= 11 is 1.83. The van der Waals surface area contributed by atoms with E-state index in [0.717, 1.165) is 15.8 Å². The molecular weight excluding hydrogens is 204 g/mol. The average molecular weight is 218 g/mol. The Morgan fingerprint density at radius 3 is 2.47 bits per heavy atom. The van der Waals surface area contributed by atoms with Crippen molar-refractivity contribution in [1.29, 1.82) is 5.26 Å². The molecule has 0 spiro atoms. The van der Waals surface area contributed by atoms with E-state index in [1.807, 2.05) is 18.7 Å². The Bertz CT molecular complexity index is 442. The molecule has 0 aromatic carbocycles. The summed E-state index contributed by atoms with van der Waals surface area (Å²) in [6.07, 6.45) is 2.56. The molecule has 2 rings (SSSR count). The van der Waals surface area contributed by atoms with Crippen LogP contribution in [0, 0.1) is 32.1 Å². The van der Waals surface area contributed by atoms with Crippen molar-refractivity contribution in [2.45, 2.75) is 43.8 Å². The van der Waals surface area contributed by atoms with Crippen molar-refractivity contribution >= 4 is 11.8 Å². The molecule has 0 amide bonds. The van der Waals surface area contributed by atoms with E-state index in [0.29, 0.717) is 5.69 Å². The van der Waals surface area contributed by atoms with Crippen molar-refractivity contribution in [1.82, 2.24) is 4.98 Å². The van der Waals surface area contributed by atoms with E-state index >= 15 is 0 Å². The van der Waals surface area contributed by atoms with Crippen molar-refractivity contribution in [3.05, 3.63) is 22.5 Å². The van der Waals surface area contributed by atoms with Crippen LogP contribution in [0.4, 0.5) is 0 Å². The Balaban J connectivity index is 2.49. The zero-order chi connectivity index (χ0) is 11.0. The maximum absolute atomic E-state index is 9.07. The Morgan fingerprint density at radius 1 is 1.27 bits per heavy atom. The third-order valence-corrected chi connectivity index (χ3v) is 4.40. The quantitative estimate of drug-likeness (QED) is 0.765. The van der Waals surface area contributed by atoms with Gasteiger partial charge in [0.25, 0.3) is 0 Å². The minimum Gasteiger partial charge on any atom is -0.241 e. The van der Waals surface area contributed by atoms with Crippen molar-refractivity contribution < 1.29 is 0 Å². The number of thioether (sulfide) groups is 1. The van der Waals surface area contributed by atoms with Gasteiger partial charge in [0.05, 0.1) is 0 Å². The number of nitriles is 1. The molecule has 0 N–H and O–H groups in total. The molecule has 0 aliphatic heterocycles. The van der Waals surface area contributed by atoms with Crippen LogP contribution in [0.1, 0.15) is 35.4 Å².